The van der Waals surface area contributed by atoms with Crippen molar-refractivity contribution in [3.05, 3.63) is 58.8 Å². The van der Waals surface area contributed by atoms with Crippen LogP contribution in [0, 0.1) is 5.82 Å². The molecule has 0 atom stereocenters. The number of hydrogen-bond acceptors (Lipinski definition) is 4. The molecule has 0 spiro atoms. The second-order valence-corrected chi connectivity index (χ2v) is 8.74. The van der Waals surface area contributed by atoms with Gasteiger partial charge in [-0.3, -0.25) is 4.79 Å². The van der Waals surface area contributed by atoms with Crippen molar-refractivity contribution < 1.29 is 22.0 Å². The van der Waals surface area contributed by atoms with Gasteiger partial charge in [-0.25, -0.2) is 12.8 Å². The van der Waals surface area contributed by atoms with Crippen LogP contribution in [-0.4, -0.2) is 37.6 Å². The fraction of sp³-hybridized carbons (Fsp3) is 0.353. The molecule has 0 aliphatic carbocycles. The number of nitrogens with zero attached hydrogens (tertiary/aromatic N) is 1. The minimum atomic E-state index is -3.34. The van der Waals surface area contributed by atoms with Gasteiger partial charge in [-0.2, -0.15) is 0 Å². The molecule has 0 unspecified atom stereocenters. The van der Waals surface area contributed by atoms with Gasteiger partial charge < -0.3 is 9.32 Å². The summed E-state index contributed by atoms with van der Waals surface area (Å²) >= 11 is 5.71. The van der Waals surface area contributed by atoms with E-state index in [1.807, 2.05) is 0 Å². The molecule has 25 heavy (non-hydrogen) atoms. The van der Waals surface area contributed by atoms with Crippen LogP contribution in [0.2, 0.25) is 5.02 Å². The lowest BCUT2D eigenvalue weighted by molar-refractivity contribution is -0.134. The summed E-state index contributed by atoms with van der Waals surface area (Å²) in [7, 11) is -3.34. The normalized spacial score (nSPS) is 15.2. The van der Waals surface area contributed by atoms with E-state index in [1.165, 1.54) is 23.3 Å². The molecule has 2 aromatic rings. The first-order valence-corrected chi connectivity index (χ1v) is 9.90. The SMILES string of the molecule is O=C(CCc1ccc(F)c(Cl)c1)N1CC(S(=O)(=O)Cc2ccco2)C1. The third-order valence-electron chi connectivity index (χ3n) is 4.24. The molecule has 1 saturated heterocycles. The van der Waals surface area contributed by atoms with Crippen molar-refractivity contribution in [2.45, 2.75) is 23.8 Å². The Labute approximate surface area is 150 Å². The first-order valence-electron chi connectivity index (χ1n) is 7.81. The van der Waals surface area contributed by atoms with Gasteiger partial charge in [0.25, 0.3) is 0 Å². The predicted octanol–water partition coefficient (Wildman–Crippen LogP) is 2.83. The van der Waals surface area contributed by atoms with E-state index in [-0.39, 0.29) is 36.2 Å². The highest BCUT2D eigenvalue weighted by molar-refractivity contribution is 7.91. The zero-order valence-electron chi connectivity index (χ0n) is 13.3. The van der Waals surface area contributed by atoms with Crippen molar-refractivity contribution in [2.75, 3.05) is 13.1 Å². The number of benzene rings is 1. The Balaban J connectivity index is 1.48. The fourth-order valence-electron chi connectivity index (χ4n) is 2.68. The lowest BCUT2D eigenvalue weighted by Crippen LogP contribution is -2.57. The van der Waals surface area contributed by atoms with Crippen LogP contribution in [0.25, 0.3) is 0 Å². The van der Waals surface area contributed by atoms with Gasteiger partial charge in [-0.15, -0.1) is 0 Å². The summed E-state index contributed by atoms with van der Waals surface area (Å²) < 4.78 is 42.7. The molecular weight excluding hydrogens is 369 g/mol. The summed E-state index contributed by atoms with van der Waals surface area (Å²) in [6.07, 6.45) is 2.09. The second kappa shape index (κ2) is 7.17. The number of sulfone groups is 1. The van der Waals surface area contributed by atoms with E-state index in [1.54, 1.807) is 18.2 Å². The maximum atomic E-state index is 13.1. The maximum absolute atomic E-state index is 13.1. The molecule has 2 heterocycles. The molecule has 134 valence electrons. The minimum Gasteiger partial charge on any atom is -0.468 e. The molecule has 0 saturated carbocycles. The van der Waals surface area contributed by atoms with Crippen molar-refractivity contribution in [2.24, 2.45) is 0 Å². The van der Waals surface area contributed by atoms with E-state index >= 15 is 0 Å². The monoisotopic (exact) mass is 385 g/mol. The van der Waals surface area contributed by atoms with Gasteiger partial charge in [0.05, 0.1) is 16.5 Å². The Morgan fingerprint density at radius 2 is 2.08 bits per heavy atom. The Morgan fingerprint density at radius 1 is 1.32 bits per heavy atom. The van der Waals surface area contributed by atoms with Crippen LogP contribution in [0.1, 0.15) is 17.7 Å². The molecule has 1 amide bonds. The van der Waals surface area contributed by atoms with Gasteiger partial charge >= 0.3 is 0 Å². The molecule has 3 rings (SSSR count). The van der Waals surface area contributed by atoms with Crippen LogP contribution < -0.4 is 0 Å². The molecule has 8 heteroatoms. The largest absolute Gasteiger partial charge is 0.468 e. The van der Waals surface area contributed by atoms with E-state index in [4.69, 9.17) is 16.0 Å². The maximum Gasteiger partial charge on any atom is 0.222 e. The first-order chi connectivity index (χ1) is 11.8. The Morgan fingerprint density at radius 3 is 2.72 bits per heavy atom. The highest BCUT2D eigenvalue weighted by Crippen LogP contribution is 2.22. The molecule has 0 bridgehead atoms. The molecule has 5 nitrogen and oxygen atoms in total. The summed E-state index contributed by atoms with van der Waals surface area (Å²) in [6.45, 7) is 0.401. The quantitative estimate of drug-likeness (QED) is 0.766. The molecule has 0 radical (unpaired) electrons. The third kappa shape index (κ3) is 4.22. The van der Waals surface area contributed by atoms with Crippen molar-refractivity contribution in [3.63, 3.8) is 0 Å². The number of amides is 1. The zero-order valence-corrected chi connectivity index (χ0v) is 14.9. The topological polar surface area (TPSA) is 67.6 Å². The molecule has 1 fully saturated rings. The standard InChI is InChI=1S/C17H17ClFNO4S/c18-15-8-12(3-5-16(15)19)4-6-17(21)20-9-14(10-20)25(22,23)11-13-2-1-7-24-13/h1-3,5,7-8,14H,4,6,9-11H2. The first kappa shape index (κ1) is 17.9. The molecule has 1 aliphatic heterocycles. The lowest BCUT2D eigenvalue weighted by atomic mass is 10.1. The van der Waals surface area contributed by atoms with Crippen LogP contribution in [-0.2, 0) is 26.8 Å². The third-order valence-corrected chi connectivity index (χ3v) is 6.53. The average Bonchev–Trinajstić information content (AvgIpc) is 2.98. The number of halogens is 2. The lowest BCUT2D eigenvalue weighted by Gasteiger charge is -2.38. The van der Waals surface area contributed by atoms with Crippen molar-refractivity contribution in [1.29, 1.82) is 0 Å². The van der Waals surface area contributed by atoms with Crippen molar-refractivity contribution in [3.8, 4) is 0 Å². The van der Waals surface area contributed by atoms with Crippen LogP contribution >= 0.6 is 11.6 Å². The second-order valence-electron chi connectivity index (χ2n) is 6.06. The number of hydrogen-bond donors (Lipinski definition) is 0. The summed E-state index contributed by atoms with van der Waals surface area (Å²) in [5, 5.41) is -0.528. The van der Waals surface area contributed by atoms with E-state index in [0.29, 0.717) is 12.2 Å². The zero-order chi connectivity index (χ0) is 18.0. The smallest absolute Gasteiger partial charge is 0.222 e. The van der Waals surface area contributed by atoms with Gasteiger partial charge in [0, 0.05) is 19.5 Å². The number of carbonyl (C=O) groups is 1. The van der Waals surface area contributed by atoms with Crippen molar-refractivity contribution in [1.82, 2.24) is 4.90 Å². The Hall–Kier alpha value is -1.86. The van der Waals surface area contributed by atoms with E-state index in [2.05, 4.69) is 0 Å². The fourth-order valence-corrected chi connectivity index (χ4v) is 4.50. The van der Waals surface area contributed by atoms with Gasteiger partial charge in [-0.05, 0) is 36.2 Å². The van der Waals surface area contributed by atoms with E-state index < -0.39 is 20.9 Å². The predicted molar refractivity (Wildman–Crippen MR) is 91.4 cm³/mol. The Kier molecular flexibility index (Phi) is 5.15. The van der Waals surface area contributed by atoms with E-state index in [0.717, 1.165) is 5.56 Å². The van der Waals surface area contributed by atoms with Crippen LogP contribution in [0.15, 0.2) is 41.0 Å². The van der Waals surface area contributed by atoms with E-state index in [9.17, 15) is 17.6 Å². The number of aryl methyl sites for hydroxylation is 1. The van der Waals surface area contributed by atoms with Gasteiger partial charge in [0.15, 0.2) is 9.84 Å². The highest BCUT2D eigenvalue weighted by Gasteiger charge is 2.39. The number of carbonyl (C=O) groups excluding carboxylic acids is 1. The summed E-state index contributed by atoms with van der Waals surface area (Å²) in [4.78, 5) is 13.7. The van der Waals surface area contributed by atoms with Crippen LogP contribution in [0.4, 0.5) is 4.39 Å². The molecule has 1 aromatic heterocycles. The number of furan rings is 1. The average molecular weight is 386 g/mol. The minimum absolute atomic E-state index is 0.0259. The molecule has 1 aromatic carbocycles. The summed E-state index contributed by atoms with van der Waals surface area (Å²) in [5.41, 5.74) is 0.766. The molecule has 0 N–H and O–H groups in total. The van der Waals surface area contributed by atoms with Crippen LogP contribution in [0.3, 0.4) is 0 Å². The van der Waals surface area contributed by atoms with Crippen molar-refractivity contribution >= 4 is 27.3 Å². The Bertz CT molecular complexity index is 861. The van der Waals surface area contributed by atoms with Gasteiger partial charge in [-0.1, -0.05) is 17.7 Å². The summed E-state index contributed by atoms with van der Waals surface area (Å²) in [6, 6.07) is 7.61. The summed E-state index contributed by atoms with van der Waals surface area (Å²) in [5.74, 6) is -0.368. The molecule has 1 aliphatic rings. The number of likely N-dealkylation sites (tertiary alicyclic amines) is 1. The number of rotatable bonds is 6. The van der Waals surface area contributed by atoms with Crippen LogP contribution in [0.5, 0.6) is 0 Å². The van der Waals surface area contributed by atoms with Gasteiger partial charge in [0.2, 0.25) is 5.91 Å². The highest BCUT2D eigenvalue weighted by atomic mass is 35.5. The molecular formula is C17H17ClFNO4S. The van der Waals surface area contributed by atoms with Gasteiger partial charge in [0.1, 0.15) is 17.3 Å².